The van der Waals surface area contributed by atoms with E-state index in [2.05, 4.69) is 23.8 Å². The monoisotopic (exact) mass is 296 g/mol. The Balaban J connectivity index is 1.93. The van der Waals surface area contributed by atoms with Crippen LogP contribution in [0, 0.1) is 0 Å². The Kier molecular flexibility index (Phi) is 6.45. The molecule has 1 atom stereocenters. The molecule has 0 bridgehead atoms. The van der Waals surface area contributed by atoms with Crippen LogP contribution in [0.4, 0.5) is 0 Å². The first-order chi connectivity index (χ1) is 10.2. The average Bonchev–Trinajstić information content (AvgIpc) is 2.52. The number of piperidine rings is 1. The summed E-state index contributed by atoms with van der Waals surface area (Å²) in [7, 11) is 2.21. The number of hydrogen-bond acceptors (Lipinski definition) is 4. The fourth-order valence-corrected chi connectivity index (χ4v) is 3.70. The van der Waals surface area contributed by atoms with Crippen molar-refractivity contribution in [3.8, 4) is 0 Å². The first-order valence-corrected chi connectivity index (χ1v) is 8.57. The number of nitrogens with zero attached hydrogens (tertiary/aromatic N) is 3. The molecule has 1 amide bonds. The van der Waals surface area contributed by atoms with Crippen LogP contribution in [0.15, 0.2) is 0 Å². The zero-order valence-electron chi connectivity index (χ0n) is 13.8. The van der Waals surface area contributed by atoms with Gasteiger partial charge in [-0.2, -0.15) is 0 Å². The number of carbonyl (C=O) groups excluding carboxylic acids is 1. The molecular formula is C16H32N4O. The second-order valence-electron chi connectivity index (χ2n) is 6.62. The SMILES string of the molecule is CCCCC1CN(C2CCN(C)CC2)CCN1C(=O)CN. The molecule has 2 N–H and O–H groups in total. The van der Waals surface area contributed by atoms with E-state index in [-0.39, 0.29) is 12.5 Å². The Bertz CT molecular complexity index is 328. The van der Waals surface area contributed by atoms with Gasteiger partial charge < -0.3 is 15.5 Å². The van der Waals surface area contributed by atoms with Gasteiger partial charge in [-0.05, 0) is 39.4 Å². The Hall–Kier alpha value is -0.650. The molecule has 2 fully saturated rings. The van der Waals surface area contributed by atoms with Crippen molar-refractivity contribution in [1.82, 2.24) is 14.7 Å². The standard InChI is InChI=1S/C16H32N4O/c1-3-4-5-15-13-19(10-11-20(15)16(21)12-17)14-6-8-18(2)9-7-14/h14-15H,3-13,17H2,1-2H3. The van der Waals surface area contributed by atoms with E-state index >= 15 is 0 Å². The highest BCUT2D eigenvalue weighted by molar-refractivity contribution is 5.78. The summed E-state index contributed by atoms with van der Waals surface area (Å²) in [4.78, 5) is 19.1. The third-order valence-electron chi connectivity index (χ3n) is 5.10. The van der Waals surface area contributed by atoms with Crippen LogP contribution in [0.25, 0.3) is 0 Å². The van der Waals surface area contributed by atoms with Crippen LogP contribution >= 0.6 is 0 Å². The van der Waals surface area contributed by atoms with Gasteiger partial charge in [0.25, 0.3) is 0 Å². The van der Waals surface area contributed by atoms with Gasteiger partial charge in [0.2, 0.25) is 5.91 Å². The van der Waals surface area contributed by atoms with Gasteiger partial charge in [0.05, 0.1) is 6.54 Å². The molecule has 2 aliphatic heterocycles. The summed E-state index contributed by atoms with van der Waals surface area (Å²) in [5.74, 6) is 0.124. The van der Waals surface area contributed by atoms with Crippen LogP contribution in [0.2, 0.25) is 0 Å². The fourth-order valence-electron chi connectivity index (χ4n) is 3.70. The molecule has 2 heterocycles. The lowest BCUT2D eigenvalue weighted by Crippen LogP contribution is -2.59. The maximum Gasteiger partial charge on any atom is 0.236 e. The van der Waals surface area contributed by atoms with E-state index in [0.717, 1.165) is 26.1 Å². The van der Waals surface area contributed by atoms with Crippen molar-refractivity contribution in [3.05, 3.63) is 0 Å². The van der Waals surface area contributed by atoms with Crippen molar-refractivity contribution in [2.24, 2.45) is 5.73 Å². The van der Waals surface area contributed by atoms with Gasteiger partial charge in [0.15, 0.2) is 0 Å². The normalized spacial score (nSPS) is 26.2. The summed E-state index contributed by atoms with van der Waals surface area (Å²) in [6.07, 6.45) is 6.03. The minimum absolute atomic E-state index is 0.124. The molecule has 21 heavy (non-hydrogen) atoms. The molecule has 0 aliphatic carbocycles. The molecular weight excluding hydrogens is 264 g/mol. The van der Waals surface area contributed by atoms with Gasteiger partial charge in [-0.1, -0.05) is 19.8 Å². The highest BCUT2D eigenvalue weighted by Crippen LogP contribution is 2.22. The maximum atomic E-state index is 12.0. The fraction of sp³-hybridized carbons (Fsp3) is 0.938. The van der Waals surface area contributed by atoms with E-state index in [0.29, 0.717) is 12.1 Å². The van der Waals surface area contributed by atoms with Gasteiger partial charge in [0.1, 0.15) is 0 Å². The molecule has 5 nitrogen and oxygen atoms in total. The number of hydrogen-bond donors (Lipinski definition) is 1. The molecule has 0 saturated carbocycles. The minimum atomic E-state index is 0.124. The number of unbranched alkanes of at least 4 members (excludes halogenated alkanes) is 1. The van der Waals surface area contributed by atoms with E-state index in [4.69, 9.17) is 5.73 Å². The molecule has 0 aromatic rings. The molecule has 122 valence electrons. The van der Waals surface area contributed by atoms with E-state index in [1.54, 1.807) is 0 Å². The van der Waals surface area contributed by atoms with Crippen LogP contribution in [-0.4, -0.2) is 79.0 Å². The Morgan fingerprint density at radius 3 is 2.52 bits per heavy atom. The number of rotatable bonds is 5. The number of likely N-dealkylation sites (tertiary alicyclic amines) is 1. The summed E-state index contributed by atoms with van der Waals surface area (Å²) in [5.41, 5.74) is 5.58. The largest absolute Gasteiger partial charge is 0.336 e. The molecule has 5 heteroatoms. The predicted octanol–water partition coefficient (Wildman–Crippen LogP) is 0.742. The lowest BCUT2D eigenvalue weighted by molar-refractivity contribution is -0.135. The molecule has 0 aromatic heterocycles. The van der Waals surface area contributed by atoms with Crippen LogP contribution in [0.3, 0.4) is 0 Å². The van der Waals surface area contributed by atoms with Gasteiger partial charge >= 0.3 is 0 Å². The third kappa shape index (κ3) is 4.41. The highest BCUT2D eigenvalue weighted by Gasteiger charge is 2.33. The van der Waals surface area contributed by atoms with Crippen molar-refractivity contribution in [1.29, 1.82) is 0 Å². The quantitative estimate of drug-likeness (QED) is 0.813. The summed E-state index contributed by atoms with van der Waals surface area (Å²) in [6.45, 7) is 7.68. The molecule has 2 aliphatic rings. The maximum absolute atomic E-state index is 12.0. The van der Waals surface area contributed by atoms with Crippen molar-refractivity contribution in [3.63, 3.8) is 0 Å². The first kappa shape index (κ1) is 16.7. The van der Waals surface area contributed by atoms with E-state index < -0.39 is 0 Å². The number of nitrogens with two attached hydrogens (primary N) is 1. The smallest absolute Gasteiger partial charge is 0.236 e. The minimum Gasteiger partial charge on any atom is -0.336 e. The molecule has 0 radical (unpaired) electrons. The summed E-state index contributed by atoms with van der Waals surface area (Å²) >= 11 is 0. The third-order valence-corrected chi connectivity index (χ3v) is 5.10. The van der Waals surface area contributed by atoms with Crippen molar-refractivity contribution in [2.45, 2.75) is 51.1 Å². The van der Waals surface area contributed by atoms with Crippen LogP contribution in [0.1, 0.15) is 39.0 Å². The zero-order chi connectivity index (χ0) is 15.2. The van der Waals surface area contributed by atoms with Crippen LogP contribution in [-0.2, 0) is 4.79 Å². The topological polar surface area (TPSA) is 52.8 Å². The Morgan fingerprint density at radius 2 is 1.90 bits per heavy atom. The highest BCUT2D eigenvalue weighted by atomic mass is 16.2. The lowest BCUT2D eigenvalue weighted by Gasteiger charge is -2.46. The van der Waals surface area contributed by atoms with E-state index in [1.807, 2.05) is 4.90 Å². The first-order valence-electron chi connectivity index (χ1n) is 8.57. The van der Waals surface area contributed by atoms with Gasteiger partial charge in [-0.15, -0.1) is 0 Å². The van der Waals surface area contributed by atoms with Crippen LogP contribution < -0.4 is 5.73 Å². The summed E-state index contributed by atoms with van der Waals surface area (Å²) < 4.78 is 0. The second kappa shape index (κ2) is 8.11. The predicted molar refractivity (Wildman–Crippen MR) is 86.2 cm³/mol. The number of piperazine rings is 1. The van der Waals surface area contributed by atoms with Crippen LogP contribution in [0.5, 0.6) is 0 Å². The van der Waals surface area contributed by atoms with Gasteiger partial charge in [0, 0.05) is 31.7 Å². The molecule has 0 aromatic carbocycles. The van der Waals surface area contributed by atoms with Crippen molar-refractivity contribution in [2.75, 3.05) is 46.3 Å². The van der Waals surface area contributed by atoms with Gasteiger partial charge in [-0.3, -0.25) is 9.69 Å². The van der Waals surface area contributed by atoms with Gasteiger partial charge in [-0.25, -0.2) is 0 Å². The molecule has 2 rings (SSSR count). The Morgan fingerprint density at radius 1 is 1.19 bits per heavy atom. The average molecular weight is 296 g/mol. The van der Waals surface area contributed by atoms with Crippen molar-refractivity contribution >= 4 is 5.91 Å². The zero-order valence-corrected chi connectivity index (χ0v) is 13.8. The lowest BCUT2D eigenvalue weighted by atomic mass is 9.99. The van der Waals surface area contributed by atoms with E-state index in [9.17, 15) is 4.79 Å². The number of amides is 1. The number of carbonyl (C=O) groups is 1. The Labute approximate surface area is 129 Å². The summed E-state index contributed by atoms with van der Waals surface area (Å²) in [5, 5.41) is 0. The summed E-state index contributed by atoms with van der Waals surface area (Å²) in [6, 6.07) is 1.08. The molecule has 1 unspecified atom stereocenters. The second-order valence-corrected chi connectivity index (χ2v) is 6.62. The molecule has 0 spiro atoms. The molecule has 2 saturated heterocycles. The van der Waals surface area contributed by atoms with Crippen molar-refractivity contribution < 1.29 is 4.79 Å². The van der Waals surface area contributed by atoms with E-state index in [1.165, 1.54) is 38.8 Å².